The normalized spacial score (nSPS) is 13.3. The van der Waals surface area contributed by atoms with Gasteiger partial charge in [0, 0.05) is 6.04 Å². The van der Waals surface area contributed by atoms with Crippen LogP contribution < -0.4 is 10.0 Å². The summed E-state index contributed by atoms with van der Waals surface area (Å²) in [7, 11) is -3.25. The number of benzene rings is 1. The van der Waals surface area contributed by atoms with Crippen molar-refractivity contribution in [3.05, 3.63) is 35.6 Å². The van der Waals surface area contributed by atoms with Crippen LogP contribution >= 0.6 is 0 Å². The summed E-state index contributed by atoms with van der Waals surface area (Å²) in [4.78, 5) is 0. The van der Waals surface area contributed by atoms with Gasteiger partial charge in [-0.1, -0.05) is 19.1 Å². The number of halogens is 1. The van der Waals surface area contributed by atoms with E-state index in [-0.39, 0.29) is 17.6 Å². The fourth-order valence-corrected chi connectivity index (χ4v) is 3.50. The summed E-state index contributed by atoms with van der Waals surface area (Å²) in [5, 5.41) is 3.17. The fraction of sp³-hybridized carbons (Fsp3) is 0.600. The van der Waals surface area contributed by atoms with Crippen molar-refractivity contribution in [1.82, 2.24) is 10.0 Å². The third kappa shape index (κ3) is 8.14. The van der Waals surface area contributed by atoms with Crippen LogP contribution in [0.25, 0.3) is 0 Å². The minimum absolute atomic E-state index is 0.145. The number of nitrogens with one attached hydrogen (secondary N) is 2. The SMILES string of the molecule is CCNCCCCS(=O)(=O)NC(C)Cc1ccc(F)cc1. The molecule has 0 saturated carbocycles. The van der Waals surface area contributed by atoms with Crippen molar-refractivity contribution in [3.63, 3.8) is 0 Å². The molecule has 1 rings (SSSR count). The molecule has 0 saturated heterocycles. The quantitative estimate of drug-likeness (QED) is 0.650. The zero-order valence-electron chi connectivity index (χ0n) is 12.7. The minimum Gasteiger partial charge on any atom is -0.317 e. The maximum atomic E-state index is 12.8. The van der Waals surface area contributed by atoms with Gasteiger partial charge in [-0.05, 0) is 57.0 Å². The zero-order valence-corrected chi connectivity index (χ0v) is 13.5. The van der Waals surface area contributed by atoms with Crippen molar-refractivity contribution < 1.29 is 12.8 Å². The molecule has 0 heterocycles. The van der Waals surface area contributed by atoms with Gasteiger partial charge in [0.05, 0.1) is 5.75 Å². The van der Waals surface area contributed by atoms with Crippen molar-refractivity contribution in [3.8, 4) is 0 Å². The molecule has 0 amide bonds. The van der Waals surface area contributed by atoms with Crippen molar-refractivity contribution in [2.45, 2.75) is 39.2 Å². The van der Waals surface area contributed by atoms with Crippen molar-refractivity contribution in [1.29, 1.82) is 0 Å². The van der Waals surface area contributed by atoms with Gasteiger partial charge in [-0.25, -0.2) is 17.5 Å². The van der Waals surface area contributed by atoms with Gasteiger partial charge < -0.3 is 5.32 Å². The molecular formula is C15H25FN2O2S. The molecule has 2 N–H and O–H groups in total. The van der Waals surface area contributed by atoms with E-state index in [1.54, 1.807) is 12.1 Å². The highest BCUT2D eigenvalue weighted by Crippen LogP contribution is 2.07. The van der Waals surface area contributed by atoms with Crippen molar-refractivity contribution in [2.24, 2.45) is 0 Å². The Balaban J connectivity index is 2.34. The van der Waals surface area contributed by atoms with Crippen molar-refractivity contribution in [2.75, 3.05) is 18.8 Å². The Kier molecular flexibility index (Phi) is 7.85. The Morgan fingerprint density at radius 3 is 2.48 bits per heavy atom. The van der Waals surface area contributed by atoms with E-state index >= 15 is 0 Å². The number of hydrogen-bond acceptors (Lipinski definition) is 3. The molecule has 6 heteroatoms. The zero-order chi connectivity index (χ0) is 15.7. The van der Waals surface area contributed by atoms with Crippen LogP contribution in [0, 0.1) is 5.82 Å². The molecule has 1 unspecified atom stereocenters. The Bertz CT molecular complexity index is 503. The number of sulfonamides is 1. The fourth-order valence-electron chi connectivity index (χ4n) is 2.10. The average molecular weight is 316 g/mol. The van der Waals surface area contributed by atoms with Gasteiger partial charge in [0.15, 0.2) is 0 Å². The van der Waals surface area contributed by atoms with Crippen LogP contribution in [0.1, 0.15) is 32.3 Å². The molecular weight excluding hydrogens is 291 g/mol. The first-order valence-corrected chi connectivity index (χ1v) is 9.03. The molecule has 21 heavy (non-hydrogen) atoms. The van der Waals surface area contributed by atoms with E-state index in [0.29, 0.717) is 12.8 Å². The third-order valence-corrected chi connectivity index (χ3v) is 4.69. The van der Waals surface area contributed by atoms with E-state index < -0.39 is 10.0 Å². The van der Waals surface area contributed by atoms with Crippen LogP contribution in [0.2, 0.25) is 0 Å². The Morgan fingerprint density at radius 2 is 1.86 bits per heavy atom. The number of rotatable bonds is 10. The van der Waals surface area contributed by atoms with Gasteiger partial charge in [-0.15, -0.1) is 0 Å². The number of unbranched alkanes of at least 4 members (excludes halogenated alkanes) is 1. The predicted octanol–water partition coefficient (Wildman–Crippen LogP) is 2.07. The van der Waals surface area contributed by atoms with Crippen LogP contribution in [0.5, 0.6) is 0 Å². The largest absolute Gasteiger partial charge is 0.317 e. The Hall–Kier alpha value is -0.980. The Morgan fingerprint density at radius 1 is 1.19 bits per heavy atom. The van der Waals surface area contributed by atoms with E-state index in [1.165, 1.54) is 12.1 Å². The van der Waals surface area contributed by atoms with Crippen LogP contribution in [0.15, 0.2) is 24.3 Å². The molecule has 0 aliphatic carbocycles. The molecule has 0 aliphatic rings. The highest BCUT2D eigenvalue weighted by Gasteiger charge is 2.14. The highest BCUT2D eigenvalue weighted by atomic mass is 32.2. The summed E-state index contributed by atoms with van der Waals surface area (Å²) in [6, 6.07) is 5.93. The second-order valence-corrected chi connectivity index (χ2v) is 7.10. The summed E-state index contributed by atoms with van der Waals surface area (Å²) in [5.74, 6) is -0.140. The van der Waals surface area contributed by atoms with E-state index in [1.807, 2.05) is 13.8 Å². The summed E-state index contributed by atoms with van der Waals surface area (Å²) < 4.78 is 39.3. The van der Waals surface area contributed by atoms with E-state index in [2.05, 4.69) is 10.0 Å². The molecule has 0 spiro atoms. The van der Waals surface area contributed by atoms with E-state index in [4.69, 9.17) is 0 Å². The van der Waals surface area contributed by atoms with Gasteiger partial charge in [-0.3, -0.25) is 0 Å². The van der Waals surface area contributed by atoms with E-state index in [9.17, 15) is 12.8 Å². The smallest absolute Gasteiger partial charge is 0.211 e. The maximum absolute atomic E-state index is 12.8. The molecule has 0 aliphatic heterocycles. The Labute approximate surface area is 127 Å². The molecule has 0 fully saturated rings. The van der Waals surface area contributed by atoms with Crippen LogP contribution in [-0.2, 0) is 16.4 Å². The lowest BCUT2D eigenvalue weighted by Gasteiger charge is -2.14. The lowest BCUT2D eigenvalue weighted by Crippen LogP contribution is -2.35. The van der Waals surface area contributed by atoms with Gasteiger partial charge in [0.1, 0.15) is 5.82 Å². The van der Waals surface area contributed by atoms with Crippen molar-refractivity contribution >= 4 is 10.0 Å². The number of hydrogen-bond donors (Lipinski definition) is 2. The summed E-state index contributed by atoms with van der Waals surface area (Å²) in [6.45, 7) is 5.59. The first-order valence-electron chi connectivity index (χ1n) is 7.38. The minimum atomic E-state index is -3.25. The van der Waals surface area contributed by atoms with Gasteiger partial charge in [0.25, 0.3) is 0 Å². The first kappa shape index (κ1) is 18.1. The summed E-state index contributed by atoms with van der Waals surface area (Å²) >= 11 is 0. The lowest BCUT2D eigenvalue weighted by atomic mass is 10.1. The van der Waals surface area contributed by atoms with Crippen LogP contribution in [-0.4, -0.2) is 33.3 Å². The second kappa shape index (κ2) is 9.12. The molecule has 0 bridgehead atoms. The van der Waals surface area contributed by atoms with E-state index in [0.717, 1.165) is 25.1 Å². The van der Waals surface area contributed by atoms with Gasteiger partial charge in [-0.2, -0.15) is 0 Å². The molecule has 0 aromatic heterocycles. The standard InChI is InChI=1S/C15H25FN2O2S/c1-3-17-10-4-5-11-21(19,20)18-13(2)12-14-6-8-15(16)9-7-14/h6-9,13,17-18H,3-5,10-12H2,1-2H3. The molecule has 120 valence electrons. The summed E-state index contributed by atoms with van der Waals surface area (Å²) in [5.41, 5.74) is 0.916. The predicted molar refractivity (Wildman–Crippen MR) is 84.3 cm³/mol. The molecule has 0 radical (unpaired) electrons. The monoisotopic (exact) mass is 316 g/mol. The first-order chi connectivity index (χ1) is 9.93. The topological polar surface area (TPSA) is 58.2 Å². The van der Waals surface area contributed by atoms with Crippen LogP contribution in [0.3, 0.4) is 0 Å². The second-order valence-electron chi connectivity index (χ2n) is 5.23. The molecule has 1 atom stereocenters. The molecule has 1 aromatic rings. The van der Waals surface area contributed by atoms with Gasteiger partial charge >= 0.3 is 0 Å². The highest BCUT2D eigenvalue weighted by molar-refractivity contribution is 7.89. The third-order valence-electron chi connectivity index (χ3n) is 3.10. The average Bonchev–Trinajstić information content (AvgIpc) is 2.40. The molecule has 1 aromatic carbocycles. The summed E-state index contributed by atoms with van der Waals surface area (Å²) in [6.07, 6.45) is 2.05. The maximum Gasteiger partial charge on any atom is 0.211 e. The lowest BCUT2D eigenvalue weighted by molar-refractivity contribution is 0.554. The molecule has 4 nitrogen and oxygen atoms in total. The van der Waals surface area contributed by atoms with Gasteiger partial charge in [0.2, 0.25) is 10.0 Å². The van der Waals surface area contributed by atoms with Crippen LogP contribution in [0.4, 0.5) is 4.39 Å².